The highest BCUT2D eigenvalue weighted by molar-refractivity contribution is 5.99. The Bertz CT molecular complexity index is 570. The number of aromatic hydroxyl groups is 1. The van der Waals surface area contributed by atoms with Crippen molar-refractivity contribution >= 4 is 5.78 Å². The number of phenols is 1. The number of hydrogen-bond donors (Lipinski definition) is 1. The van der Waals surface area contributed by atoms with Crippen LogP contribution in [-0.4, -0.2) is 16.5 Å². The molecule has 3 nitrogen and oxygen atoms in total. The molecule has 1 aliphatic heterocycles. The number of hydrogen-bond acceptors (Lipinski definition) is 3. The Labute approximate surface area is 121 Å². The number of carbonyl (C=O) groups excluding carboxylic acids is 1. The summed E-state index contributed by atoms with van der Waals surface area (Å²) >= 11 is 0. The van der Waals surface area contributed by atoms with Crippen molar-refractivity contribution in [2.45, 2.75) is 65.9 Å². The maximum Gasteiger partial charge on any atom is 0.163 e. The second kappa shape index (κ2) is 4.80. The van der Waals surface area contributed by atoms with E-state index in [2.05, 4.69) is 20.8 Å². The largest absolute Gasteiger partial charge is 0.507 e. The lowest BCUT2D eigenvalue weighted by Gasteiger charge is -2.39. The fourth-order valence-corrected chi connectivity index (χ4v) is 3.53. The maximum atomic E-state index is 11.9. The van der Waals surface area contributed by atoms with Gasteiger partial charge < -0.3 is 9.84 Å². The minimum atomic E-state index is -0.243. The SMILES string of the molecule is CCc1c(O)c(C(C)=O)c(C)c2c1OC(C)(C)CC2C. The number of rotatable bonds is 2. The normalized spacial score (nSPS) is 20.2. The first-order valence-corrected chi connectivity index (χ1v) is 7.27. The molecule has 0 spiro atoms. The first-order chi connectivity index (χ1) is 9.19. The molecule has 1 aliphatic rings. The molecule has 110 valence electrons. The summed E-state index contributed by atoms with van der Waals surface area (Å²) in [5, 5.41) is 10.5. The zero-order valence-corrected chi connectivity index (χ0v) is 13.3. The predicted molar refractivity (Wildman–Crippen MR) is 80.0 cm³/mol. The van der Waals surface area contributed by atoms with Gasteiger partial charge in [0, 0.05) is 11.1 Å². The van der Waals surface area contributed by atoms with Gasteiger partial charge in [0.15, 0.2) is 5.78 Å². The van der Waals surface area contributed by atoms with Gasteiger partial charge in [-0.3, -0.25) is 4.79 Å². The third kappa shape index (κ3) is 2.19. The average Bonchev–Trinajstić information content (AvgIpc) is 2.25. The Morgan fingerprint density at radius 1 is 1.45 bits per heavy atom. The second-order valence-electron chi connectivity index (χ2n) is 6.45. The van der Waals surface area contributed by atoms with Crippen LogP contribution in [0.4, 0.5) is 0 Å². The summed E-state index contributed by atoms with van der Waals surface area (Å²) in [6.45, 7) is 11.7. The molecule has 2 rings (SSSR count). The molecule has 1 heterocycles. The quantitative estimate of drug-likeness (QED) is 0.826. The number of phenolic OH excluding ortho intramolecular Hbond substituents is 1. The van der Waals surface area contributed by atoms with Crippen molar-refractivity contribution in [1.29, 1.82) is 0 Å². The van der Waals surface area contributed by atoms with Gasteiger partial charge in [-0.25, -0.2) is 0 Å². The molecule has 0 amide bonds. The third-order valence-electron chi connectivity index (χ3n) is 4.19. The highest BCUT2D eigenvalue weighted by atomic mass is 16.5. The van der Waals surface area contributed by atoms with E-state index in [0.29, 0.717) is 17.9 Å². The number of ketones is 1. The first-order valence-electron chi connectivity index (χ1n) is 7.27. The summed E-state index contributed by atoms with van der Waals surface area (Å²) < 4.78 is 6.14. The highest BCUT2D eigenvalue weighted by Crippen LogP contribution is 2.48. The first kappa shape index (κ1) is 14.9. The molecule has 0 saturated heterocycles. The lowest BCUT2D eigenvalue weighted by molar-refractivity contribution is 0.0726. The van der Waals surface area contributed by atoms with Crippen LogP contribution in [0.1, 0.15) is 74.0 Å². The van der Waals surface area contributed by atoms with E-state index in [1.54, 1.807) is 0 Å². The van der Waals surface area contributed by atoms with E-state index in [1.165, 1.54) is 6.92 Å². The van der Waals surface area contributed by atoms with Crippen LogP contribution >= 0.6 is 0 Å². The van der Waals surface area contributed by atoms with Crippen LogP contribution in [0.25, 0.3) is 0 Å². The van der Waals surface area contributed by atoms with Gasteiger partial charge in [-0.15, -0.1) is 0 Å². The maximum absolute atomic E-state index is 11.9. The second-order valence-corrected chi connectivity index (χ2v) is 6.45. The van der Waals surface area contributed by atoms with Gasteiger partial charge in [-0.05, 0) is 52.0 Å². The van der Waals surface area contributed by atoms with Crippen LogP contribution in [0.15, 0.2) is 0 Å². The number of fused-ring (bicyclic) bond motifs is 1. The zero-order chi connectivity index (χ0) is 15.2. The molecule has 3 heteroatoms. The molecule has 0 fully saturated rings. The van der Waals surface area contributed by atoms with Crippen molar-refractivity contribution in [2.75, 3.05) is 0 Å². The van der Waals surface area contributed by atoms with Crippen LogP contribution < -0.4 is 4.74 Å². The number of Topliss-reactive ketones (excluding diaryl/α,β-unsaturated/α-hetero) is 1. The minimum Gasteiger partial charge on any atom is -0.507 e. The predicted octanol–water partition coefficient (Wildman–Crippen LogP) is 4.13. The van der Waals surface area contributed by atoms with Crippen LogP contribution in [0, 0.1) is 6.92 Å². The lowest BCUT2D eigenvalue weighted by atomic mass is 9.80. The van der Waals surface area contributed by atoms with Crippen molar-refractivity contribution in [1.82, 2.24) is 0 Å². The third-order valence-corrected chi connectivity index (χ3v) is 4.19. The number of carbonyl (C=O) groups is 1. The monoisotopic (exact) mass is 276 g/mol. The van der Waals surface area contributed by atoms with Crippen LogP contribution in [-0.2, 0) is 6.42 Å². The summed E-state index contributed by atoms with van der Waals surface area (Å²) in [6, 6.07) is 0. The Hall–Kier alpha value is -1.51. The van der Waals surface area contributed by atoms with Crippen LogP contribution in [0.3, 0.4) is 0 Å². The fourth-order valence-electron chi connectivity index (χ4n) is 3.53. The van der Waals surface area contributed by atoms with E-state index in [9.17, 15) is 9.90 Å². The Morgan fingerprint density at radius 2 is 2.05 bits per heavy atom. The summed E-state index contributed by atoms with van der Waals surface area (Å²) in [4.78, 5) is 11.9. The van der Waals surface area contributed by atoms with E-state index < -0.39 is 0 Å². The standard InChI is InChI=1S/C17H24O3/c1-7-12-15(19)14(11(4)18)10(3)13-9(2)8-17(5,6)20-16(12)13/h9,19H,7-8H2,1-6H3. The lowest BCUT2D eigenvalue weighted by Crippen LogP contribution is -2.35. The zero-order valence-electron chi connectivity index (χ0n) is 13.3. The molecule has 0 bridgehead atoms. The average molecular weight is 276 g/mol. The molecule has 0 radical (unpaired) electrons. The van der Waals surface area contributed by atoms with Crippen molar-refractivity contribution in [2.24, 2.45) is 0 Å². The molecule has 1 unspecified atom stereocenters. The van der Waals surface area contributed by atoms with Crippen molar-refractivity contribution in [3.05, 3.63) is 22.3 Å². The van der Waals surface area contributed by atoms with E-state index in [4.69, 9.17) is 4.74 Å². The highest BCUT2D eigenvalue weighted by Gasteiger charge is 2.36. The van der Waals surface area contributed by atoms with E-state index in [1.807, 2.05) is 13.8 Å². The fraction of sp³-hybridized carbons (Fsp3) is 0.588. The van der Waals surface area contributed by atoms with Crippen molar-refractivity contribution in [3.63, 3.8) is 0 Å². The molecule has 20 heavy (non-hydrogen) atoms. The Balaban J connectivity index is 2.81. The summed E-state index contributed by atoms with van der Waals surface area (Å²) in [5.74, 6) is 1.12. The van der Waals surface area contributed by atoms with Gasteiger partial charge in [-0.1, -0.05) is 13.8 Å². The minimum absolute atomic E-state index is 0.0884. The van der Waals surface area contributed by atoms with Gasteiger partial charge in [0.05, 0.1) is 5.56 Å². The van der Waals surface area contributed by atoms with Gasteiger partial charge in [-0.2, -0.15) is 0 Å². The van der Waals surface area contributed by atoms with Crippen molar-refractivity contribution in [3.8, 4) is 11.5 Å². The van der Waals surface area contributed by atoms with E-state index in [-0.39, 0.29) is 17.1 Å². The number of ether oxygens (including phenoxy) is 1. The summed E-state index contributed by atoms with van der Waals surface area (Å²) in [6.07, 6.45) is 1.56. The molecule has 0 aromatic heterocycles. The molecule has 1 aromatic rings. The van der Waals surface area contributed by atoms with Gasteiger partial charge >= 0.3 is 0 Å². The van der Waals surface area contributed by atoms with E-state index >= 15 is 0 Å². The molecule has 1 aromatic carbocycles. The van der Waals surface area contributed by atoms with Gasteiger partial charge in [0.2, 0.25) is 0 Å². The summed E-state index contributed by atoms with van der Waals surface area (Å²) in [7, 11) is 0. The summed E-state index contributed by atoms with van der Waals surface area (Å²) in [5.41, 5.74) is 2.92. The van der Waals surface area contributed by atoms with Gasteiger partial charge in [0.25, 0.3) is 0 Å². The van der Waals surface area contributed by atoms with Crippen molar-refractivity contribution < 1.29 is 14.6 Å². The molecule has 0 aliphatic carbocycles. The molecule has 1 N–H and O–H groups in total. The molecular weight excluding hydrogens is 252 g/mol. The smallest absolute Gasteiger partial charge is 0.163 e. The van der Waals surface area contributed by atoms with Crippen LogP contribution in [0.5, 0.6) is 11.5 Å². The molecular formula is C17H24O3. The Kier molecular flexibility index (Phi) is 3.57. The number of benzene rings is 1. The van der Waals surface area contributed by atoms with E-state index in [0.717, 1.165) is 28.9 Å². The molecule has 0 saturated carbocycles. The van der Waals surface area contributed by atoms with Crippen LogP contribution in [0.2, 0.25) is 0 Å². The Morgan fingerprint density at radius 3 is 2.55 bits per heavy atom. The molecule has 1 atom stereocenters. The van der Waals surface area contributed by atoms with Gasteiger partial charge in [0.1, 0.15) is 17.1 Å². The topological polar surface area (TPSA) is 46.5 Å².